The van der Waals surface area contributed by atoms with Crippen molar-refractivity contribution in [1.29, 1.82) is 0 Å². The first kappa shape index (κ1) is 70.2. The van der Waals surface area contributed by atoms with E-state index in [1.54, 1.807) is 25.7 Å². The molecule has 4 N–H and O–H groups in total. The van der Waals surface area contributed by atoms with Gasteiger partial charge >= 0.3 is 12.2 Å². The van der Waals surface area contributed by atoms with Crippen molar-refractivity contribution in [3.63, 3.8) is 0 Å². The molecule has 7 heterocycles. The molecule has 3 aliphatic rings. The number of anilines is 1. The Hall–Kier alpha value is -8.72. The molecular weight excluding hydrogens is 1240 g/mol. The summed E-state index contributed by atoms with van der Waals surface area (Å²) >= 11 is 2.85. The van der Waals surface area contributed by atoms with E-state index in [1.165, 1.54) is 60.0 Å². The van der Waals surface area contributed by atoms with Gasteiger partial charge in [0.15, 0.2) is 28.1 Å². The molecule has 10 rings (SSSR count). The summed E-state index contributed by atoms with van der Waals surface area (Å²) in [5.41, 5.74) is 2.76. The second kappa shape index (κ2) is 30.4. The maximum absolute atomic E-state index is 13.3. The number of amides is 2. The Labute approximate surface area is 545 Å². The number of carbonyl (C=O) groups excluding carboxylic acids is 4. The summed E-state index contributed by atoms with van der Waals surface area (Å²) in [6, 6.07) is 15.0. The maximum Gasteiger partial charge on any atom is 0.410 e. The number of nitrogens with one attached hydrogen (secondary N) is 4. The van der Waals surface area contributed by atoms with Crippen molar-refractivity contribution < 1.29 is 51.6 Å². The number of aryl methyl sites for hydroxylation is 3. The first-order valence-corrected chi connectivity index (χ1v) is 32.4. The zero-order chi connectivity index (χ0) is 67.5. The van der Waals surface area contributed by atoms with Gasteiger partial charge in [0.1, 0.15) is 39.3 Å². The van der Waals surface area contributed by atoms with Gasteiger partial charge in [-0.15, -0.1) is 22.7 Å². The van der Waals surface area contributed by atoms with Crippen LogP contribution in [0.2, 0.25) is 0 Å². The molecule has 2 atom stereocenters. The first-order chi connectivity index (χ1) is 44.0. The van der Waals surface area contributed by atoms with Crippen molar-refractivity contribution in [1.82, 2.24) is 49.7 Å². The van der Waals surface area contributed by atoms with Crippen molar-refractivity contribution in [3.8, 4) is 38.8 Å². The van der Waals surface area contributed by atoms with E-state index in [9.17, 15) is 42.3 Å². The van der Waals surface area contributed by atoms with Gasteiger partial charge in [0.2, 0.25) is 23.2 Å². The Bertz CT molecular complexity index is 3960. The fourth-order valence-electron chi connectivity index (χ4n) is 10.7. The number of carbonyl (C=O) groups is 4. The first-order valence-electron chi connectivity index (χ1n) is 30.7. The number of alkyl halides is 2. The number of Topliss-reactive ketones (excluding diaryl/α,β-unsaturated/α-hetero) is 2. The molecule has 0 radical (unpaired) electrons. The molecule has 0 unspecified atom stereocenters. The third-order valence-electron chi connectivity index (χ3n) is 15.2. The van der Waals surface area contributed by atoms with E-state index in [0.29, 0.717) is 72.6 Å². The van der Waals surface area contributed by atoms with E-state index in [2.05, 4.69) is 71.4 Å². The summed E-state index contributed by atoms with van der Waals surface area (Å²) in [5.74, 6) is -1.98. The van der Waals surface area contributed by atoms with Gasteiger partial charge in [-0.2, -0.15) is 0 Å². The molecular formula is C66H81F2N11O12S2. The van der Waals surface area contributed by atoms with Crippen molar-refractivity contribution in [2.45, 2.75) is 175 Å². The number of aromatic nitrogens is 8. The number of aromatic amines is 3. The van der Waals surface area contributed by atoms with E-state index in [0.717, 1.165) is 34.5 Å². The number of halogens is 2. The highest BCUT2D eigenvalue weighted by Crippen LogP contribution is 2.38. The van der Waals surface area contributed by atoms with Gasteiger partial charge in [-0.25, -0.2) is 43.3 Å². The summed E-state index contributed by atoms with van der Waals surface area (Å²) in [6.45, 7) is 17.7. The predicted octanol–water partition coefficient (Wildman–Crippen LogP) is 12.0. The van der Waals surface area contributed by atoms with Crippen LogP contribution in [-0.2, 0) is 27.1 Å². The van der Waals surface area contributed by atoms with Crippen molar-refractivity contribution in [3.05, 3.63) is 141 Å². The quantitative estimate of drug-likeness (QED) is 0.0616. The van der Waals surface area contributed by atoms with Gasteiger partial charge in [-0.3, -0.25) is 33.8 Å². The molecule has 2 saturated heterocycles. The van der Waals surface area contributed by atoms with Crippen LogP contribution in [0, 0.1) is 20.8 Å². The second-order valence-electron chi connectivity index (χ2n) is 25.1. The van der Waals surface area contributed by atoms with Crippen LogP contribution in [0.1, 0.15) is 173 Å². The number of thiazole rings is 2. The molecule has 93 heavy (non-hydrogen) atoms. The third kappa shape index (κ3) is 19.0. The summed E-state index contributed by atoms with van der Waals surface area (Å²) in [7, 11) is 4.10. The number of ketones is 2. The number of hydrogen-bond acceptors (Lipinski definition) is 20. The van der Waals surface area contributed by atoms with Gasteiger partial charge in [-0.1, -0.05) is 59.7 Å². The van der Waals surface area contributed by atoms with Gasteiger partial charge in [0, 0.05) is 79.8 Å². The SMILES string of the molecule is COc1c(-c2ncc(Cc3ccc(C)cc3)s2)nc([C@H]2CCCN2C(=O)OC(C)(C)C)[nH]c1=O.COc1c(C(=O)CCC(=O)Cc2ccc(C)cc2)nc([C@H]2CCCN2C(=O)OC(C)(C)C)[nH]c1=O.COc1c(NC2CCC(F)(F)CC2)nc(-c2nc(C)cs2)[nH]c1=O. The van der Waals surface area contributed by atoms with Crippen LogP contribution in [0.3, 0.4) is 0 Å². The third-order valence-corrected chi connectivity index (χ3v) is 17.2. The summed E-state index contributed by atoms with van der Waals surface area (Å²) in [6.07, 6.45) is 4.82. The van der Waals surface area contributed by atoms with Gasteiger partial charge in [0.05, 0.1) is 33.4 Å². The van der Waals surface area contributed by atoms with Crippen LogP contribution in [0.4, 0.5) is 24.2 Å². The van der Waals surface area contributed by atoms with Gasteiger partial charge in [-0.05, 0) is 112 Å². The Morgan fingerprint density at radius 3 is 1.71 bits per heavy atom. The minimum Gasteiger partial charge on any atom is -0.489 e. The Balaban J connectivity index is 0.000000182. The zero-order valence-electron chi connectivity index (χ0n) is 54.5. The number of methoxy groups -OCH3 is 3. The molecule has 2 aromatic carbocycles. The number of hydrogen-bond donors (Lipinski definition) is 4. The highest BCUT2D eigenvalue weighted by Gasteiger charge is 2.39. The lowest BCUT2D eigenvalue weighted by Crippen LogP contribution is -2.37. The number of H-pyrrole nitrogens is 3. The van der Waals surface area contributed by atoms with E-state index in [4.69, 9.17) is 28.7 Å². The average molecular weight is 1320 g/mol. The Morgan fingerprint density at radius 2 is 1.18 bits per heavy atom. The fourth-order valence-corrected chi connectivity index (χ4v) is 12.3. The minimum absolute atomic E-state index is 0.0210. The summed E-state index contributed by atoms with van der Waals surface area (Å²) in [4.78, 5) is 123. The summed E-state index contributed by atoms with van der Waals surface area (Å²) < 4.78 is 53.3. The maximum atomic E-state index is 13.3. The van der Waals surface area contributed by atoms with Crippen LogP contribution in [0.25, 0.3) is 21.5 Å². The number of benzene rings is 2. The largest absolute Gasteiger partial charge is 0.489 e. The normalized spacial score (nSPS) is 16.3. The lowest BCUT2D eigenvalue weighted by atomic mass is 9.92. The van der Waals surface area contributed by atoms with Crippen LogP contribution >= 0.6 is 22.7 Å². The number of rotatable bonds is 17. The molecule has 1 aliphatic carbocycles. The number of nitrogens with zero attached hydrogens (tertiary/aromatic N) is 7. The Morgan fingerprint density at radius 1 is 0.656 bits per heavy atom. The van der Waals surface area contributed by atoms with Gasteiger partial charge in [0.25, 0.3) is 16.7 Å². The highest BCUT2D eigenvalue weighted by atomic mass is 32.1. The van der Waals surface area contributed by atoms with Gasteiger partial charge < -0.3 is 44.0 Å². The highest BCUT2D eigenvalue weighted by molar-refractivity contribution is 7.15. The van der Waals surface area contributed by atoms with Crippen LogP contribution in [0.15, 0.2) is 74.5 Å². The van der Waals surface area contributed by atoms with E-state index < -0.39 is 57.8 Å². The van der Waals surface area contributed by atoms with Crippen LogP contribution in [-0.4, -0.2) is 131 Å². The topological polar surface area (TPSA) is 296 Å². The lowest BCUT2D eigenvalue weighted by molar-refractivity contribution is -0.118. The molecule has 2 aliphatic heterocycles. The standard InChI is InChI=1S/C26H33N3O6.C25H30N4O4S.C15H18F2N4O2S/c1-16-8-10-17(11-9-16)15-18(30)12-13-20(31)21-22(34-5)24(32)28-23(27-21)19-7-6-14-29(19)25(33)35-26(2,3)4;1-15-8-10-16(11-9-15)13-17-14-26-23(34-17)19-20(32-5)22(30)28-21(27-19)18-7-6-12-29(18)24(31)33-25(2,3)4;1-8-7-24-14(18-8)12-20-11(10(23-2)13(22)21-12)19-9-3-5-15(16,17)6-4-9/h8-11,19H,6-7,12-15H2,1-5H3,(H,27,28,32);8-11,14,18H,6-7,12-13H2,1-5H3,(H,27,28,30);7,9H,3-6H2,1-2H3,(H2,19,20,21,22)/t19-;18-;/m11./s1. The number of likely N-dealkylation sites (tertiary alicyclic amines) is 2. The number of ether oxygens (including phenoxy) is 5. The van der Waals surface area contributed by atoms with E-state index in [1.807, 2.05) is 70.5 Å². The molecule has 498 valence electrons. The second-order valence-corrected chi connectivity index (χ2v) is 27.1. The van der Waals surface area contributed by atoms with Crippen molar-refractivity contribution >= 4 is 52.2 Å². The summed E-state index contributed by atoms with van der Waals surface area (Å²) in [5, 5.41) is 6.13. The smallest absolute Gasteiger partial charge is 0.410 e. The van der Waals surface area contributed by atoms with E-state index >= 15 is 0 Å². The van der Waals surface area contributed by atoms with Crippen molar-refractivity contribution in [2.75, 3.05) is 39.7 Å². The molecule has 2 amide bonds. The molecule has 3 fully saturated rings. The van der Waals surface area contributed by atoms with Crippen molar-refractivity contribution in [2.24, 2.45) is 0 Å². The molecule has 7 aromatic rings. The van der Waals surface area contributed by atoms with Crippen LogP contribution in [0.5, 0.6) is 17.2 Å². The zero-order valence-corrected chi connectivity index (χ0v) is 56.1. The molecule has 23 nitrogen and oxygen atoms in total. The predicted molar refractivity (Wildman–Crippen MR) is 349 cm³/mol. The van der Waals surface area contributed by atoms with E-state index in [-0.39, 0.29) is 84.6 Å². The lowest BCUT2D eigenvalue weighted by Gasteiger charge is -2.29. The Kier molecular flexibility index (Phi) is 22.9. The molecule has 0 spiro atoms. The fraction of sp³-hybridized carbons (Fsp3) is 0.485. The average Bonchev–Trinajstić information content (AvgIpc) is 1.80. The molecule has 1 saturated carbocycles. The minimum atomic E-state index is -2.60. The molecule has 5 aromatic heterocycles. The molecule has 27 heteroatoms. The monoisotopic (exact) mass is 1320 g/mol. The molecule has 0 bridgehead atoms. The van der Waals surface area contributed by atoms with Crippen LogP contribution < -0.4 is 36.2 Å².